The van der Waals surface area contributed by atoms with Gasteiger partial charge in [-0.2, -0.15) is 4.31 Å². The van der Waals surface area contributed by atoms with E-state index in [0.29, 0.717) is 30.0 Å². The molecule has 0 unspecified atom stereocenters. The van der Waals surface area contributed by atoms with E-state index in [0.717, 1.165) is 0 Å². The molecule has 0 aliphatic carbocycles. The van der Waals surface area contributed by atoms with Crippen LogP contribution >= 0.6 is 0 Å². The van der Waals surface area contributed by atoms with Gasteiger partial charge in [-0.05, 0) is 61.4 Å². The molecule has 28 heavy (non-hydrogen) atoms. The van der Waals surface area contributed by atoms with Crippen molar-refractivity contribution in [3.05, 3.63) is 47.5 Å². The number of hydrogen-bond donors (Lipinski definition) is 1. The van der Waals surface area contributed by atoms with Crippen molar-refractivity contribution in [1.82, 2.24) is 4.31 Å². The standard InChI is InChI=1S/C19H26N2O5S2/c1-6-21(7-2)28(24,25)18-10-8-16(9-11-18)20-27(22,23)19-14(3)12-17(26-5)13-15(19)4/h8-13,20H,6-7H2,1-5H3. The van der Waals surface area contributed by atoms with Gasteiger partial charge >= 0.3 is 0 Å². The van der Waals surface area contributed by atoms with Gasteiger partial charge in [0, 0.05) is 18.8 Å². The molecule has 2 aromatic carbocycles. The average Bonchev–Trinajstić information content (AvgIpc) is 2.61. The van der Waals surface area contributed by atoms with Gasteiger partial charge in [-0.25, -0.2) is 16.8 Å². The first kappa shape index (κ1) is 22.2. The van der Waals surface area contributed by atoms with E-state index in [4.69, 9.17) is 4.74 Å². The molecule has 0 aliphatic rings. The zero-order valence-corrected chi connectivity index (χ0v) is 18.3. The van der Waals surface area contributed by atoms with Crippen LogP contribution in [0.4, 0.5) is 5.69 Å². The third-order valence-corrected chi connectivity index (χ3v) is 8.14. The zero-order chi connectivity index (χ0) is 21.1. The van der Waals surface area contributed by atoms with E-state index in [1.54, 1.807) is 39.8 Å². The molecular weight excluding hydrogens is 400 g/mol. The molecule has 0 saturated carbocycles. The number of hydrogen-bond acceptors (Lipinski definition) is 5. The first-order chi connectivity index (χ1) is 13.1. The predicted molar refractivity (Wildman–Crippen MR) is 110 cm³/mol. The average molecular weight is 427 g/mol. The van der Waals surface area contributed by atoms with Crippen molar-refractivity contribution in [3.8, 4) is 5.75 Å². The SMILES string of the molecule is CCN(CC)S(=O)(=O)c1ccc(NS(=O)(=O)c2c(C)cc(OC)cc2C)cc1. The lowest BCUT2D eigenvalue weighted by Crippen LogP contribution is -2.30. The number of methoxy groups -OCH3 is 1. The Morgan fingerprint density at radius 3 is 1.86 bits per heavy atom. The van der Waals surface area contributed by atoms with Crippen LogP contribution in [-0.4, -0.2) is 41.3 Å². The third kappa shape index (κ3) is 4.48. The highest BCUT2D eigenvalue weighted by molar-refractivity contribution is 7.92. The third-order valence-electron chi connectivity index (χ3n) is 4.39. The van der Waals surface area contributed by atoms with Gasteiger partial charge in [-0.3, -0.25) is 4.72 Å². The van der Waals surface area contributed by atoms with E-state index in [2.05, 4.69) is 4.72 Å². The number of anilines is 1. The Kier molecular flexibility index (Phi) is 6.74. The van der Waals surface area contributed by atoms with E-state index < -0.39 is 20.0 Å². The normalized spacial score (nSPS) is 12.2. The van der Waals surface area contributed by atoms with Gasteiger partial charge in [0.15, 0.2) is 0 Å². The highest BCUT2D eigenvalue weighted by atomic mass is 32.2. The maximum atomic E-state index is 12.8. The minimum absolute atomic E-state index is 0.121. The number of benzene rings is 2. The lowest BCUT2D eigenvalue weighted by Gasteiger charge is -2.19. The number of ether oxygens (including phenoxy) is 1. The Hall–Kier alpha value is -2.10. The van der Waals surface area contributed by atoms with Crippen LogP contribution in [0.5, 0.6) is 5.75 Å². The van der Waals surface area contributed by atoms with E-state index >= 15 is 0 Å². The molecule has 2 aromatic rings. The Bertz CT molecular complexity index is 1020. The number of sulfonamides is 2. The molecule has 0 spiro atoms. The van der Waals surface area contributed by atoms with E-state index in [-0.39, 0.29) is 15.5 Å². The van der Waals surface area contributed by atoms with Crippen molar-refractivity contribution in [2.75, 3.05) is 24.9 Å². The highest BCUT2D eigenvalue weighted by Crippen LogP contribution is 2.28. The summed E-state index contributed by atoms with van der Waals surface area (Å²) >= 11 is 0. The molecule has 0 heterocycles. The summed E-state index contributed by atoms with van der Waals surface area (Å²) in [6, 6.07) is 9.01. The number of nitrogens with one attached hydrogen (secondary N) is 1. The minimum Gasteiger partial charge on any atom is -0.497 e. The molecule has 0 saturated heterocycles. The first-order valence-corrected chi connectivity index (χ1v) is 11.8. The lowest BCUT2D eigenvalue weighted by atomic mass is 10.1. The molecule has 154 valence electrons. The maximum absolute atomic E-state index is 12.8. The summed E-state index contributed by atoms with van der Waals surface area (Å²) in [7, 11) is -5.91. The van der Waals surface area contributed by atoms with Crippen molar-refractivity contribution < 1.29 is 21.6 Å². The second kappa shape index (κ2) is 8.50. The van der Waals surface area contributed by atoms with Crippen molar-refractivity contribution in [2.45, 2.75) is 37.5 Å². The van der Waals surface area contributed by atoms with Gasteiger partial charge in [-0.1, -0.05) is 13.8 Å². The molecule has 2 rings (SSSR count). The lowest BCUT2D eigenvalue weighted by molar-refractivity contribution is 0.413. The van der Waals surface area contributed by atoms with Gasteiger partial charge in [-0.15, -0.1) is 0 Å². The van der Waals surface area contributed by atoms with Crippen LogP contribution in [0.15, 0.2) is 46.2 Å². The fourth-order valence-electron chi connectivity index (χ4n) is 3.07. The summed E-state index contributed by atoms with van der Waals surface area (Å²) in [5, 5.41) is 0. The van der Waals surface area contributed by atoms with Gasteiger partial charge in [0.2, 0.25) is 10.0 Å². The molecule has 0 radical (unpaired) electrons. The Morgan fingerprint density at radius 2 is 1.43 bits per heavy atom. The van der Waals surface area contributed by atoms with Gasteiger partial charge in [0.1, 0.15) is 5.75 Å². The largest absolute Gasteiger partial charge is 0.497 e. The fraction of sp³-hybridized carbons (Fsp3) is 0.368. The molecule has 0 bridgehead atoms. The van der Waals surface area contributed by atoms with Crippen molar-refractivity contribution in [2.24, 2.45) is 0 Å². The molecule has 0 fully saturated rings. The van der Waals surface area contributed by atoms with Crippen LogP contribution in [0.3, 0.4) is 0 Å². The predicted octanol–water partition coefficient (Wildman–Crippen LogP) is 3.14. The monoisotopic (exact) mass is 426 g/mol. The fourth-order valence-corrected chi connectivity index (χ4v) is 6.04. The highest BCUT2D eigenvalue weighted by Gasteiger charge is 2.23. The van der Waals surface area contributed by atoms with Crippen LogP contribution in [0.2, 0.25) is 0 Å². The summed E-state index contributed by atoms with van der Waals surface area (Å²) in [5.74, 6) is 0.583. The van der Waals surface area contributed by atoms with Crippen LogP contribution in [0.25, 0.3) is 0 Å². The van der Waals surface area contributed by atoms with Crippen molar-refractivity contribution in [3.63, 3.8) is 0 Å². The van der Waals surface area contributed by atoms with E-state index in [9.17, 15) is 16.8 Å². The van der Waals surface area contributed by atoms with Gasteiger partial charge in [0.25, 0.3) is 10.0 Å². The van der Waals surface area contributed by atoms with Crippen LogP contribution in [0, 0.1) is 13.8 Å². The molecule has 0 aliphatic heterocycles. The second-order valence-corrected chi connectivity index (χ2v) is 9.87. The molecule has 1 N–H and O–H groups in total. The summed E-state index contributed by atoms with van der Waals surface area (Å²) in [6.45, 7) is 7.66. The van der Waals surface area contributed by atoms with Gasteiger partial charge in [0.05, 0.1) is 16.9 Å². The molecule has 7 nitrogen and oxygen atoms in total. The summed E-state index contributed by atoms with van der Waals surface area (Å²) in [6.07, 6.45) is 0. The second-order valence-electron chi connectivity index (χ2n) is 6.31. The number of nitrogens with zero attached hydrogens (tertiary/aromatic N) is 1. The Labute approximate surface area is 167 Å². The smallest absolute Gasteiger partial charge is 0.262 e. The summed E-state index contributed by atoms with van der Waals surface area (Å²) in [5.41, 5.74) is 1.41. The number of rotatable bonds is 8. The van der Waals surface area contributed by atoms with Crippen molar-refractivity contribution >= 4 is 25.7 Å². The first-order valence-electron chi connectivity index (χ1n) is 8.85. The topological polar surface area (TPSA) is 92.8 Å². The zero-order valence-electron chi connectivity index (χ0n) is 16.7. The Morgan fingerprint density at radius 1 is 0.929 bits per heavy atom. The molecule has 0 aromatic heterocycles. The molecular formula is C19H26N2O5S2. The summed E-state index contributed by atoms with van der Waals surface area (Å²) in [4.78, 5) is 0.295. The molecule has 0 atom stereocenters. The van der Waals surface area contributed by atoms with Crippen LogP contribution in [0.1, 0.15) is 25.0 Å². The number of aryl methyl sites for hydroxylation is 2. The molecule has 9 heteroatoms. The summed E-state index contributed by atoms with van der Waals surface area (Å²) < 4.78 is 59.8. The van der Waals surface area contributed by atoms with Crippen molar-refractivity contribution in [1.29, 1.82) is 0 Å². The maximum Gasteiger partial charge on any atom is 0.262 e. The van der Waals surface area contributed by atoms with E-state index in [1.807, 2.05) is 0 Å². The Balaban J connectivity index is 2.34. The molecule has 0 amide bonds. The minimum atomic E-state index is -3.84. The van der Waals surface area contributed by atoms with Crippen LogP contribution in [-0.2, 0) is 20.0 Å². The van der Waals surface area contributed by atoms with E-state index in [1.165, 1.54) is 35.7 Å². The quantitative estimate of drug-likeness (QED) is 0.700. The van der Waals surface area contributed by atoms with Crippen LogP contribution < -0.4 is 9.46 Å². The van der Waals surface area contributed by atoms with Gasteiger partial charge < -0.3 is 4.74 Å².